The van der Waals surface area contributed by atoms with Gasteiger partial charge in [0.1, 0.15) is 4.90 Å². The highest BCUT2D eigenvalue weighted by molar-refractivity contribution is 7.89. The third-order valence-electron chi connectivity index (χ3n) is 2.79. The van der Waals surface area contributed by atoms with E-state index in [1.807, 2.05) is 6.07 Å². The monoisotopic (exact) mass is 331 g/mol. The van der Waals surface area contributed by atoms with Crippen molar-refractivity contribution in [1.82, 2.24) is 4.31 Å². The Kier molecular flexibility index (Phi) is 5.66. The van der Waals surface area contributed by atoms with Crippen LogP contribution in [0.3, 0.4) is 0 Å². The Morgan fingerprint density at radius 3 is 2.62 bits per heavy atom. The molecule has 0 saturated carbocycles. The molecule has 1 aromatic rings. The van der Waals surface area contributed by atoms with E-state index in [9.17, 15) is 18.5 Å². The molecule has 0 saturated heterocycles. The number of nitro groups is 1. The van der Waals surface area contributed by atoms with Crippen molar-refractivity contribution in [2.75, 3.05) is 13.1 Å². The van der Waals surface area contributed by atoms with Gasteiger partial charge in [0.2, 0.25) is 10.0 Å². The highest BCUT2D eigenvalue weighted by Crippen LogP contribution is 2.28. The smallest absolute Gasteiger partial charge is 0.258 e. The molecule has 1 unspecified atom stereocenters. The van der Waals surface area contributed by atoms with E-state index in [1.165, 1.54) is 6.07 Å². The Labute approximate surface area is 127 Å². The van der Waals surface area contributed by atoms with Crippen LogP contribution in [0.4, 0.5) is 5.69 Å². The summed E-state index contributed by atoms with van der Waals surface area (Å²) in [6.45, 7) is 3.34. The van der Waals surface area contributed by atoms with Crippen LogP contribution in [0, 0.1) is 27.4 Å². The Morgan fingerprint density at radius 1 is 1.52 bits per heavy atom. The zero-order valence-electron chi connectivity index (χ0n) is 11.5. The Balaban J connectivity index is 3.32. The molecule has 0 radical (unpaired) electrons. The van der Waals surface area contributed by atoms with Crippen molar-refractivity contribution in [3.05, 3.63) is 33.3 Å². The van der Waals surface area contributed by atoms with Gasteiger partial charge in [-0.25, -0.2) is 8.42 Å². The van der Waals surface area contributed by atoms with Gasteiger partial charge in [-0.1, -0.05) is 18.5 Å². The van der Waals surface area contributed by atoms with E-state index in [0.29, 0.717) is 0 Å². The van der Waals surface area contributed by atoms with Crippen LogP contribution < -0.4 is 0 Å². The lowest BCUT2D eigenvalue weighted by Crippen LogP contribution is -2.34. The summed E-state index contributed by atoms with van der Waals surface area (Å²) in [7, 11) is -4.00. The van der Waals surface area contributed by atoms with Gasteiger partial charge in [-0.15, -0.1) is 0 Å². The van der Waals surface area contributed by atoms with Gasteiger partial charge in [0.25, 0.3) is 5.69 Å². The molecular weight excluding hydrogens is 318 g/mol. The molecule has 0 fully saturated rings. The summed E-state index contributed by atoms with van der Waals surface area (Å²) in [5.74, 6) is -0.503. The standard InChI is InChI=1S/C12H14ClN3O4S/c1-3-15(8-9(2)7-14)21(19,20)12-6-10(16(17)18)4-5-11(12)13/h4-6,9H,3,8H2,1-2H3. The van der Waals surface area contributed by atoms with Crippen LogP contribution in [0.25, 0.3) is 0 Å². The molecule has 114 valence electrons. The first kappa shape index (κ1) is 17.4. The second-order valence-corrected chi connectivity index (χ2v) is 6.67. The average molecular weight is 332 g/mol. The van der Waals surface area contributed by atoms with Crippen molar-refractivity contribution in [2.45, 2.75) is 18.7 Å². The maximum absolute atomic E-state index is 12.5. The normalized spacial score (nSPS) is 12.9. The number of hydrogen-bond acceptors (Lipinski definition) is 5. The number of rotatable bonds is 6. The predicted octanol–water partition coefficient (Wildman–Crippen LogP) is 2.42. The Bertz CT molecular complexity index is 684. The van der Waals surface area contributed by atoms with Gasteiger partial charge in [0.05, 0.1) is 21.9 Å². The van der Waals surface area contributed by atoms with Crippen LogP contribution in [0.2, 0.25) is 5.02 Å². The molecule has 0 spiro atoms. The number of benzene rings is 1. The predicted molar refractivity (Wildman–Crippen MR) is 77.3 cm³/mol. The topological polar surface area (TPSA) is 104 Å². The number of hydrogen-bond donors (Lipinski definition) is 0. The number of halogens is 1. The molecule has 1 atom stereocenters. The number of nitriles is 1. The Morgan fingerprint density at radius 2 is 2.14 bits per heavy atom. The van der Waals surface area contributed by atoms with E-state index in [-0.39, 0.29) is 28.7 Å². The first-order valence-corrected chi connectivity index (χ1v) is 7.89. The molecule has 0 bridgehead atoms. The fraction of sp³-hybridized carbons (Fsp3) is 0.417. The van der Waals surface area contributed by atoms with Gasteiger partial charge in [0.15, 0.2) is 0 Å². The van der Waals surface area contributed by atoms with Crippen molar-refractivity contribution < 1.29 is 13.3 Å². The van der Waals surface area contributed by atoms with E-state index in [0.717, 1.165) is 16.4 Å². The van der Waals surface area contributed by atoms with Crippen molar-refractivity contribution >= 4 is 27.3 Å². The van der Waals surface area contributed by atoms with Crippen LogP contribution in [-0.4, -0.2) is 30.7 Å². The minimum Gasteiger partial charge on any atom is -0.258 e. The first-order valence-electron chi connectivity index (χ1n) is 6.07. The van der Waals surface area contributed by atoms with Gasteiger partial charge >= 0.3 is 0 Å². The zero-order chi connectivity index (χ0) is 16.2. The molecule has 21 heavy (non-hydrogen) atoms. The van der Waals surface area contributed by atoms with Crippen LogP contribution in [0.1, 0.15) is 13.8 Å². The third kappa shape index (κ3) is 3.91. The van der Waals surface area contributed by atoms with Crippen LogP contribution in [-0.2, 0) is 10.0 Å². The van der Waals surface area contributed by atoms with Crippen molar-refractivity contribution in [2.24, 2.45) is 5.92 Å². The van der Waals surface area contributed by atoms with E-state index in [1.54, 1.807) is 13.8 Å². The summed E-state index contributed by atoms with van der Waals surface area (Å²) in [5.41, 5.74) is -0.359. The third-order valence-corrected chi connectivity index (χ3v) is 5.22. The summed E-state index contributed by atoms with van der Waals surface area (Å²) < 4.78 is 26.1. The molecule has 1 rings (SSSR count). The average Bonchev–Trinajstić information content (AvgIpc) is 2.44. The SMILES string of the molecule is CCN(CC(C)C#N)S(=O)(=O)c1cc([N+](=O)[O-])ccc1Cl. The first-order chi connectivity index (χ1) is 9.73. The summed E-state index contributed by atoms with van der Waals surface area (Å²) in [6, 6.07) is 5.19. The molecule has 0 heterocycles. The maximum atomic E-state index is 12.5. The van der Waals surface area contributed by atoms with Gasteiger partial charge in [-0.3, -0.25) is 10.1 Å². The second kappa shape index (κ2) is 6.85. The fourth-order valence-electron chi connectivity index (χ4n) is 1.69. The molecular formula is C12H14ClN3O4S. The molecule has 9 heteroatoms. The van der Waals surface area contributed by atoms with Crippen LogP contribution in [0.15, 0.2) is 23.1 Å². The van der Waals surface area contributed by atoms with E-state index in [2.05, 4.69) is 0 Å². The lowest BCUT2D eigenvalue weighted by atomic mass is 10.2. The zero-order valence-corrected chi connectivity index (χ0v) is 13.1. The van der Waals surface area contributed by atoms with Gasteiger partial charge in [0, 0.05) is 25.2 Å². The largest absolute Gasteiger partial charge is 0.270 e. The maximum Gasteiger partial charge on any atom is 0.270 e. The summed E-state index contributed by atoms with van der Waals surface area (Å²) in [4.78, 5) is 9.75. The number of non-ortho nitro benzene ring substituents is 1. The molecule has 0 aromatic heterocycles. The highest BCUT2D eigenvalue weighted by Gasteiger charge is 2.28. The van der Waals surface area contributed by atoms with E-state index in [4.69, 9.17) is 16.9 Å². The van der Waals surface area contributed by atoms with Crippen molar-refractivity contribution in [3.63, 3.8) is 0 Å². The number of sulfonamides is 1. The minimum atomic E-state index is -4.00. The molecule has 0 aliphatic heterocycles. The van der Waals surface area contributed by atoms with Crippen LogP contribution >= 0.6 is 11.6 Å². The molecule has 0 aliphatic rings. The lowest BCUT2D eigenvalue weighted by molar-refractivity contribution is -0.385. The molecule has 0 aliphatic carbocycles. The number of nitrogens with zero attached hydrogens (tertiary/aromatic N) is 3. The Hall–Kier alpha value is -1.69. The van der Waals surface area contributed by atoms with Crippen molar-refractivity contribution in [1.29, 1.82) is 5.26 Å². The number of nitro benzene ring substituents is 1. The molecule has 0 amide bonds. The molecule has 1 aromatic carbocycles. The van der Waals surface area contributed by atoms with Crippen molar-refractivity contribution in [3.8, 4) is 6.07 Å². The fourth-order valence-corrected chi connectivity index (χ4v) is 3.72. The summed E-state index contributed by atoms with van der Waals surface area (Å²) >= 11 is 5.86. The van der Waals surface area contributed by atoms with E-state index < -0.39 is 20.9 Å². The molecule has 0 N–H and O–H groups in total. The van der Waals surface area contributed by atoms with Gasteiger partial charge in [-0.05, 0) is 13.0 Å². The highest BCUT2D eigenvalue weighted by atomic mass is 35.5. The summed E-state index contributed by atoms with van der Waals surface area (Å²) in [5, 5.41) is 19.5. The quantitative estimate of drug-likeness (QED) is 0.588. The van der Waals surface area contributed by atoms with Crippen LogP contribution in [0.5, 0.6) is 0 Å². The molecule has 7 nitrogen and oxygen atoms in total. The second-order valence-electron chi connectivity index (χ2n) is 4.36. The minimum absolute atomic E-state index is 0.00560. The van der Waals surface area contributed by atoms with E-state index >= 15 is 0 Å². The van der Waals surface area contributed by atoms with Gasteiger partial charge < -0.3 is 0 Å². The summed E-state index contributed by atoms with van der Waals surface area (Å²) in [6.07, 6.45) is 0. The van der Waals surface area contributed by atoms with Gasteiger partial charge in [-0.2, -0.15) is 9.57 Å². The lowest BCUT2D eigenvalue weighted by Gasteiger charge is -2.21.